The first-order valence-electron chi connectivity index (χ1n) is 7.35. The van der Waals surface area contributed by atoms with Gasteiger partial charge in [0, 0.05) is 23.2 Å². The van der Waals surface area contributed by atoms with Crippen LogP contribution in [0.5, 0.6) is 0 Å². The second-order valence-corrected chi connectivity index (χ2v) is 5.72. The summed E-state index contributed by atoms with van der Waals surface area (Å²) in [7, 11) is 0. The number of hydrogen-bond donors (Lipinski definition) is 0. The summed E-state index contributed by atoms with van der Waals surface area (Å²) in [5.74, 6) is 0. The van der Waals surface area contributed by atoms with Gasteiger partial charge in [0.1, 0.15) is 0 Å². The zero-order valence-corrected chi connectivity index (χ0v) is 13.4. The number of benzene rings is 2. The zero-order valence-electron chi connectivity index (χ0n) is 11.8. The highest BCUT2D eigenvalue weighted by Gasteiger charge is 2.07. The molecule has 0 aliphatic rings. The van der Waals surface area contributed by atoms with Crippen molar-refractivity contribution in [1.82, 2.24) is 0 Å². The fraction of sp³-hybridized carbons (Fsp3) is 0.333. The number of para-hydroxylation sites is 2. The van der Waals surface area contributed by atoms with E-state index >= 15 is 0 Å². The van der Waals surface area contributed by atoms with Gasteiger partial charge >= 0.3 is 0 Å². The van der Waals surface area contributed by atoms with E-state index in [0.29, 0.717) is 0 Å². The second kappa shape index (κ2) is 8.80. The molecular weight excluding hydrogens is 310 g/mol. The smallest absolute Gasteiger partial charge is 0.0410 e. The maximum absolute atomic E-state index is 3.49. The maximum atomic E-state index is 3.49. The molecular formula is C18H22BrN. The van der Waals surface area contributed by atoms with E-state index in [1.165, 1.54) is 37.1 Å². The molecule has 2 aromatic rings. The maximum Gasteiger partial charge on any atom is 0.0410 e. The van der Waals surface area contributed by atoms with Crippen molar-refractivity contribution in [3.63, 3.8) is 0 Å². The van der Waals surface area contributed by atoms with Crippen LogP contribution in [0.1, 0.15) is 25.7 Å². The van der Waals surface area contributed by atoms with Gasteiger partial charge in [-0.2, -0.15) is 0 Å². The number of hydrogen-bond acceptors (Lipinski definition) is 1. The highest BCUT2D eigenvalue weighted by atomic mass is 79.9. The van der Waals surface area contributed by atoms with Gasteiger partial charge in [0.25, 0.3) is 0 Å². The van der Waals surface area contributed by atoms with Crippen molar-refractivity contribution >= 4 is 27.3 Å². The third-order valence-electron chi connectivity index (χ3n) is 3.40. The minimum atomic E-state index is 1.08. The van der Waals surface area contributed by atoms with Crippen LogP contribution >= 0.6 is 15.9 Å². The average Bonchev–Trinajstić information content (AvgIpc) is 2.53. The van der Waals surface area contributed by atoms with Crippen LogP contribution in [0.15, 0.2) is 60.7 Å². The Labute approximate surface area is 130 Å². The summed E-state index contributed by atoms with van der Waals surface area (Å²) in [6.45, 7) is 1.08. The molecule has 0 aromatic heterocycles. The van der Waals surface area contributed by atoms with E-state index < -0.39 is 0 Å². The molecule has 2 heteroatoms. The fourth-order valence-corrected chi connectivity index (χ4v) is 2.74. The van der Waals surface area contributed by atoms with Gasteiger partial charge in [0.2, 0.25) is 0 Å². The first-order chi connectivity index (χ1) is 9.92. The predicted molar refractivity (Wildman–Crippen MR) is 92.2 cm³/mol. The molecule has 0 aliphatic carbocycles. The highest BCUT2D eigenvalue weighted by molar-refractivity contribution is 9.09. The Bertz CT molecular complexity index is 430. The molecule has 20 heavy (non-hydrogen) atoms. The molecule has 0 unspecified atom stereocenters. The van der Waals surface area contributed by atoms with Crippen LogP contribution in [0, 0.1) is 0 Å². The number of unbranched alkanes of at least 4 members (excludes halogenated alkanes) is 3. The summed E-state index contributed by atoms with van der Waals surface area (Å²) < 4.78 is 0. The van der Waals surface area contributed by atoms with Crippen LogP contribution in [-0.4, -0.2) is 11.9 Å². The summed E-state index contributed by atoms with van der Waals surface area (Å²) in [5.41, 5.74) is 2.55. The van der Waals surface area contributed by atoms with Crippen molar-refractivity contribution in [2.75, 3.05) is 16.8 Å². The van der Waals surface area contributed by atoms with E-state index in [4.69, 9.17) is 0 Å². The predicted octanol–water partition coefficient (Wildman–Crippen LogP) is 5.78. The van der Waals surface area contributed by atoms with Gasteiger partial charge in [-0.3, -0.25) is 0 Å². The monoisotopic (exact) mass is 331 g/mol. The molecule has 0 atom stereocenters. The summed E-state index contributed by atoms with van der Waals surface area (Å²) in [4.78, 5) is 2.41. The van der Waals surface area contributed by atoms with Crippen LogP contribution in [0.25, 0.3) is 0 Å². The van der Waals surface area contributed by atoms with Gasteiger partial charge in [-0.15, -0.1) is 0 Å². The van der Waals surface area contributed by atoms with Gasteiger partial charge in [-0.25, -0.2) is 0 Å². The number of rotatable bonds is 8. The molecule has 0 heterocycles. The van der Waals surface area contributed by atoms with Gasteiger partial charge in [-0.05, 0) is 37.1 Å². The first kappa shape index (κ1) is 15.1. The van der Waals surface area contributed by atoms with Gasteiger partial charge in [-0.1, -0.05) is 65.2 Å². The van der Waals surface area contributed by atoms with E-state index in [2.05, 4.69) is 81.5 Å². The lowest BCUT2D eigenvalue weighted by molar-refractivity contribution is 0.673. The zero-order chi connectivity index (χ0) is 14.0. The molecule has 0 aliphatic heterocycles. The highest BCUT2D eigenvalue weighted by Crippen LogP contribution is 2.25. The lowest BCUT2D eigenvalue weighted by Crippen LogP contribution is -2.18. The Hall–Kier alpha value is -1.28. The number of anilines is 2. The Morgan fingerprint density at radius 3 is 1.65 bits per heavy atom. The topological polar surface area (TPSA) is 3.24 Å². The lowest BCUT2D eigenvalue weighted by atomic mass is 10.1. The molecule has 2 rings (SSSR count). The molecule has 0 spiro atoms. The van der Waals surface area contributed by atoms with E-state index in [0.717, 1.165) is 11.9 Å². The average molecular weight is 332 g/mol. The summed E-state index contributed by atoms with van der Waals surface area (Å²) in [5, 5.41) is 1.12. The van der Waals surface area contributed by atoms with E-state index in [-0.39, 0.29) is 0 Å². The van der Waals surface area contributed by atoms with Crippen molar-refractivity contribution in [3.05, 3.63) is 60.7 Å². The van der Waals surface area contributed by atoms with Gasteiger partial charge < -0.3 is 4.90 Å². The van der Waals surface area contributed by atoms with Crippen LogP contribution in [0.4, 0.5) is 11.4 Å². The van der Waals surface area contributed by atoms with E-state index in [1.54, 1.807) is 0 Å². The third kappa shape index (κ3) is 4.68. The molecule has 106 valence electrons. The molecule has 0 N–H and O–H groups in total. The first-order valence-corrected chi connectivity index (χ1v) is 8.47. The molecule has 1 nitrogen and oxygen atoms in total. The summed E-state index contributed by atoms with van der Waals surface area (Å²) in [6, 6.07) is 21.3. The fourth-order valence-electron chi connectivity index (χ4n) is 2.34. The number of halogens is 1. The largest absolute Gasteiger partial charge is 0.341 e. The minimum absolute atomic E-state index is 1.08. The molecule has 0 saturated heterocycles. The van der Waals surface area contributed by atoms with E-state index in [9.17, 15) is 0 Å². The molecule has 0 bridgehead atoms. The van der Waals surface area contributed by atoms with Gasteiger partial charge in [0.05, 0.1) is 0 Å². The second-order valence-electron chi connectivity index (χ2n) is 4.93. The Morgan fingerprint density at radius 1 is 0.650 bits per heavy atom. The lowest BCUT2D eigenvalue weighted by Gasteiger charge is -2.25. The van der Waals surface area contributed by atoms with Gasteiger partial charge in [0.15, 0.2) is 0 Å². The Morgan fingerprint density at radius 2 is 1.15 bits per heavy atom. The van der Waals surface area contributed by atoms with Crippen LogP contribution in [0.3, 0.4) is 0 Å². The van der Waals surface area contributed by atoms with E-state index in [1.807, 2.05) is 0 Å². The summed E-state index contributed by atoms with van der Waals surface area (Å²) >= 11 is 3.49. The quantitative estimate of drug-likeness (QED) is 0.437. The number of alkyl halides is 1. The van der Waals surface area contributed by atoms with Crippen LogP contribution in [0.2, 0.25) is 0 Å². The van der Waals surface area contributed by atoms with Crippen molar-refractivity contribution in [3.8, 4) is 0 Å². The number of nitrogens with zero attached hydrogens (tertiary/aromatic N) is 1. The normalized spacial score (nSPS) is 10.4. The van der Waals surface area contributed by atoms with Crippen LogP contribution < -0.4 is 4.90 Å². The Kier molecular flexibility index (Phi) is 6.65. The molecule has 0 saturated carbocycles. The Balaban J connectivity index is 2.02. The van der Waals surface area contributed by atoms with Crippen molar-refractivity contribution in [2.24, 2.45) is 0 Å². The SMILES string of the molecule is BrCCCCCCN(c1ccccc1)c1ccccc1. The van der Waals surface area contributed by atoms with Crippen molar-refractivity contribution in [2.45, 2.75) is 25.7 Å². The third-order valence-corrected chi connectivity index (χ3v) is 3.96. The van der Waals surface area contributed by atoms with Crippen molar-refractivity contribution in [1.29, 1.82) is 0 Å². The minimum Gasteiger partial charge on any atom is -0.341 e. The molecule has 2 aromatic carbocycles. The molecule has 0 amide bonds. The molecule has 0 fully saturated rings. The standard InChI is InChI=1S/C18H22BrN/c19-15-9-1-2-10-16-20(17-11-5-3-6-12-17)18-13-7-4-8-14-18/h3-8,11-14H,1-2,9-10,15-16H2. The molecule has 0 radical (unpaired) electrons. The van der Waals surface area contributed by atoms with Crippen LogP contribution in [-0.2, 0) is 0 Å². The van der Waals surface area contributed by atoms with Crippen molar-refractivity contribution < 1.29 is 0 Å². The summed E-state index contributed by atoms with van der Waals surface area (Å²) in [6.07, 6.45) is 5.11.